The highest BCUT2D eigenvalue weighted by Gasteiger charge is 2.39. The number of hydrogen-bond donors (Lipinski definition) is 1. The van der Waals surface area contributed by atoms with Gasteiger partial charge in [-0.1, -0.05) is 20.8 Å². The largest absolute Gasteiger partial charge is 0.338 e. The van der Waals surface area contributed by atoms with Crippen molar-refractivity contribution in [3.63, 3.8) is 0 Å². The first kappa shape index (κ1) is 17.9. The van der Waals surface area contributed by atoms with Crippen molar-refractivity contribution in [3.8, 4) is 0 Å². The summed E-state index contributed by atoms with van der Waals surface area (Å²) in [4.78, 5) is 17.7. The molecule has 1 saturated heterocycles. The van der Waals surface area contributed by atoms with Crippen molar-refractivity contribution in [1.82, 2.24) is 14.6 Å². The third kappa shape index (κ3) is 4.75. The predicted molar refractivity (Wildman–Crippen MR) is 89.1 cm³/mol. The molecule has 0 radical (unpaired) electrons. The predicted octanol–water partition coefficient (Wildman–Crippen LogP) is 1.57. The summed E-state index contributed by atoms with van der Waals surface area (Å²) in [7, 11) is -1.60. The Balaban J connectivity index is 2.11. The number of amides is 1. The van der Waals surface area contributed by atoms with Gasteiger partial charge in [0.25, 0.3) is 0 Å². The lowest BCUT2D eigenvalue weighted by Gasteiger charge is -2.26. The molecule has 0 aliphatic carbocycles. The summed E-state index contributed by atoms with van der Waals surface area (Å²) in [6.45, 7) is 5.93. The van der Waals surface area contributed by atoms with E-state index in [1.165, 1.54) is 0 Å². The summed E-state index contributed by atoms with van der Waals surface area (Å²) < 4.78 is 27.1. The van der Waals surface area contributed by atoms with Gasteiger partial charge in [0.05, 0.1) is 11.8 Å². The minimum atomic E-state index is -3.36. The van der Waals surface area contributed by atoms with E-state index in [2.05, 4.69) is 9.71 Å². The monoisotopic (exact) mass is 339 g/mol. The molecule has 0 bridgehead atoms. The van der Waals surface area contributed by atoms with Crippen LogP contribution in [-0.4, -0.2) is 43.6 Å². The van der Waals surface area contributed by atoms with Gasteiger partial charge >= 0.3 is 0 Å². The molecule has 2 atom stereocenters. The number of carbonyl (C=O) groups excluding carboxylic acids is 1. The lowest BCUT2D eigenvalue weighted by molar-refractivity contribution is -0.127. The van der Waals surface area contributed by atoms with Gasteiger partial charge in [-0.2, -0.15) is 0 Å². The summed E-state index contributed by atoms with van der Waals surface area (Å²) in [6, 6.07) is 3.62. The molecular formula is C16H25N3O3S. The maximum Gasteiger partial charge on any atom is 0.223 e. The number of rotatable bonds is 5. The Hall–Kier alpha value is -1.47. The topological polar surface area (TPSA) is 79.4 Å². The summed E-state index contributed by atoms with van der Waals surface area (Å²) in [6.07, 6.45) is 3.72. The van der Waals surface area contributed by atoms with Gasteiger partial charge in [-0.25, -0.2) is 13.1 Å². The Bertz CT molecular complexity index is 653. The molecule has 1 amide bonds. The third-order valence-electron chi connectivity index (χ3n) is 3.93. The van der Waals surface area contributed by atoms with Crippen LogP contribution in [0.25, 0.3) is 0 Å². The molecule has 1 fully saturated rings. The van der Waals surface area contributed by atoms with Gasteiger partial charge in [0.15, 0.2) is 0 Å². The highest BCUT2D eigenvalue weighted by Crippen LogP contribution is 2.36. The first-order chi connectivity index (χ1) is 10.6. The molecule has 1 aromatic rings. The van der Waals surface area contributed by atoms with E-state index >= 15 is 0 Å². The zero-order valence-electron chi connectivity index (χ0n) is 14.1. The minimum absolute atomic E-state index is 0.0341. The van der Waals surface area contributed by atoms with E-state index < -0.39 is 10.0 Å². The molecule has 23 heavy (non-hydrogen) atoms. The van der Waals surface area contributed by atoms with Crippen LogP contribution in [-0.2, 0) is 14.8 Å². The van der Waals surface area contributed by atoms with Gasteiger partial charge in [-0.05, 0) is 23.1 Å². The Labute approximate surface area is 138 Å². The summed E-state index contributed by atoms with van der Waals surface area (Å²) >= 11 is 0. The van der Waals surface area contributed by atoms with E-state index in [1.807, 2.05) is 32.9 Å². The van der Waals surface area contributed by atoms with Crippen molar-refractivity contribution in [3.05, 3.63) is 30.1 Å². The fourth-order valence-electron chi connectivity index (χ4n) is 3.05. The van der Waals surface area contributed by atoms with E-state index in [0.717, 1.165) is 5.56 Å². The smallest absolute Gasteiger partial charge is 0.223 e. The van der Waals surface area contributed by atoms with Gasteiger partial charge in [0.1, 0.15) is 0 Å². The zero-order valence-corrected chi connectivity index (χ0v) is 14.9. The van der Waals surface area contributed by atoms with Crippen molar-refractivity contribution in [1.29, 1.82) is 0 Å². The second-order valence-corrected chi connectivity index (χ2v) is 9.17. The van der Waals surface area contributed by atoms with Gasteiger partial charge < -0.3 is 4.90 Å². The van der Waals surface area contributed by atoms with Crippen molar-refractivity contribution in [2.75, 3.05) is 19.3 Å². The Kier molecular flexibility index (Phi) is 5.10. The van der Waals surface area contributed by atoms with E-state index in [9.17, 15) is 13.2 Å². The normalized spacial score (nSPS) is 22.6. The van der Waals surface area contributed by atoms with Gasteiger partial charge in [-0.3, -0.25) is 9.78 Å². The molecule has 2 rings (SSSR count). The SMILES string of the molecule is CN1C(=O)C[C@@H](CNS(=O)(=O)CC(C)(C)C)[C@@H]1c1ccncc1. The van der Waals surface area contributed by atoms with Crippen LogP contribution in [0.5, 0.6) is 0 Å². The fourth-order valence-corrected chi connectivity index (χ4v) is 4.76. The van der Waals surface area contributed by atoms with Crippen LogP contribution in [0.4, 0.5) is 0 Å². The molecule has 6 nitrogen and oxygen atoms in total. The van der Waals surface area contributed by atoms with Crippen LogP contribution in [0.1, 0.15) is 38.8 Å². The van der Waals surface area contributed by atoms with Gasteiger partial charge in [0, 0.05) is 38.3 Å². The quantitative estimate of drug-likeness (QED) is 0.883. The van der Waals surface area contributed by atoms with E-state index in [0.29, 0.717) is 6.42 Å². The maximum absolute atomic E-state index is 12.2. The third-order valence-corrected chi connectivity index (χ3v) is 5.78. The molecule has 1 aliphatic heterocycles. The summed E-state index contributed by atoms with van der Waals surface area (Å²) in [5.41, 5.74) is 0.673. The highest BCUT2D eigenvalue weighted by molar-refractivity contribution is 7.89. The lowest BCUT2D eigenvalue weighted by atomic mass is 9.95. The second kappa shape index (κ2) is 6.57. The molecule has 0 aromatic carbocycles. The molecule has 0 spiro atoms. The minimum Gasteiger partial charge on any atom is -0.338 e. The lowest BCUT2D eigenvalue weighted by Crippen LogP contribution is -2.36. The number of carbonyl (C=O) groups is 1. The average molecular weight is 339 g/mol. The van der Waals surface area contributed by atoms with Crippen molar-refractivity contribution in [2.45, 2.75) is 33.2 Å². The van der Waals surface area contributed by atoms with Crippen LogP contribution in [0.15, 0.2) is 24.5 Å². The van der Waals surface area contributed by atoms with Crippen molar-refractivity contribution >= 4 is 15.9 Å². The molecule has 1 aromatic heterocycles. The van der Waals surface area contributed by atoms with Crippen LogP contribution in [0, 0.1) is 11.3 Å². The van der Waals surface area contributed by atoms with E-state index in [-0.39, 0.29) is 35.6 Å². The average Bonchev–Trinajstić information content (AvgIpc) is 2.71. The molecular weight excluding hydrogens is 314 g/mol. The number of likely N-dealkylation sites (tertiary alicyclic amines) is 1. The van der Waals surface area contributed by atoms with Crippen LogP contribution < -0.4 is 4.72 Å². The van der Waals surface area contributed by atoms with Gasteiger partial charge in [-0.15, -0.1) is 0 Å². The van der Waals surface area contributed by atoms with Crippen LogP contribution >= 0.6 is 0 Å². The molecule has 2 heterocycles. The molecule has 1 aliphatic rings. The first-order valence-corrected chi connectivity index (χ1v) is 9.37. The highest BCUT2D eigenvalue weighted by atomic mass is 32.2. The second-order valence-electron chi connectivity index (χ2n) is 7.36. The van der Waals surface area contributed by atoms with Gasteiger partial charge in [0.2, 0.25) is 15.9 Å². The Morgan fingerprint density at radius 2 is 1.91 bits per heavy atom. The van der Waals surface area contributed by atoms with Crippen LogP contribution in [0.3, 0.4) is 0 Å². The first-order valence-electron chi connectivity index (χ1n) is 7.72. The number of hydrogen-bond acceptors (Lipinski definition) is 4. The van der Waals surface area contributed by atoms with Crippen LogP contribution in [0.2, 0.25) is 0 Å². The van der Waals surface area contributed by atoms with E-state index in [1.54, 1.807) is 24.3 Å². The molecule has 0 saturated carbocycles. The maximum atomic E-state index is 12.2. The number of pyridine rings is 1. The fraction of sp³-hybridized carbons (Fsp3) is 0.625. The molecule has 1 N–H and O–H groups in total. The number of nitrogens with one attached hydrogen (secondary N) is 1. The summed E-state index contributed by atoms with van der Waals surface area (Å²) in [5.74, 6) is 0.0210. The summed E-state index contributed by atoms with van der Waals surface area (Å²) in [5, 5.41) is 0. The number of nitrogens with zero attached hydrogens (tertiary/aromatic N) is 2. The molecule has 128 valence electrons. The van der Waals surface area contributed by atoms with Crippen molar-refractivity contribution in [2.24, 2.45) is 11.3 Å². The molecule has 7 heteroatoms. The standard InChI is InChI=1S/C16H25N3O3S/c1-16(2,3)11-23(21,22)18-10-13-9-14(20)19(4)15(13)12-5-7-17-8-6-12/h5-8,13,15,18H,9-11H2,1-4H3/t13-,15-/m0/s1. The Morgan fingerprint density at radius 3 is 2.48 bits per heavy atom. The van der Waals surface area contributed by atoms with Crippen molar-refractivity contribution < 1.29 is 13.2 Å². The number of aromatic nitrogens is 1. The zero-order chi connectivity index (χ0) is 17.3. The van der Waals surface area contributed by atoms with E-state index in [4.69, 9.17) is 0 Å². The molecule has 0 unspecified atom stereocenters. The number of sulfonamides is 1. The Morgan fingerprint density at radius 1 is 1.30 bits per heavy atom.